The van der Waals surface area contributed by atoms with Crippen molar-refractivity contribution in [3.63, 3.8) is 0 Å². The fraction of sp³-hybridized carbons (Fsp3) is 0.0588. The molecule has 0 saturated heterocycles. The van der Waals surface area contributed by atoms with Crippen LogP contribution in [-0.4, -0.2) is 19.2 Å². The average Bonchev–Trinajstić information content (AvgIpc) is 2.98. The van der Waals surface area contributed by atoms with E-state index in [4.69, 9.17) is 20.8 Å². The largest absolute Gasteiger partial charge is 0.497 e. The summed E-state index contributed by atoms with van der Waals surface area (Å²) in [5.74, 6) is 0.455. The molecule has 5 nitrogen and oxygen atoms in total. The number of benzene rings is 2. The number of fused-ring (bicyclic) bond motifs is 1. The number of hydrogen-bond donors (Lipinski definition) is 1. The molecular formula is C17H13ClN2O3. The molecule has 3 rings (SSSR count). The molecule has 6 heteroatoms. The Labute approximate surface area is 137 Å². The zero-order valence-electron chi connectivity index (χ0n) is 12.2. The second-order valence-electron chi connectivity index (χ2n) is 4.77. The Kier molecular flexibility index (Phi) is 4.30. The van der Waals surface area contributed by atoms with Crippen LogP contribution in [0.4, 0.5) is 0 Å². The summed E-state index contributed by atoms with van der Waals surface area (Å²) in [5, 5.41) is 5.26. The van der Waals surface area contributed by atoms with Crippen LogP contribution < -0.4 is 10.2 Å². The lowest BCUT2D eigenvalue weighted by Crippen LogP contribution is -2.16. The molecule has 3 aromatic rings. The van der Waals surface area contributed by atoms with Crippen LogP contribution in [-0.2, 0) is 0 Å². The van der Waals surface area contributed by atoms with Crippen LogP contribution in [0.3, 0.4) is 0 Å². The maximum Gasteiger partial charge on any atom is 0.307 e. The van der Waals surface area contributed by atoms with Crippen LogP contribution in [0.2, 0.25) is 5.02 Å². The van der Waals surface area contributed by atoms with Gasteiger partial charge in [0.25, 0.3) is 0 Å². The summed E-state index contributed by atoms with van der Waals surface area (Å²) in [7, 11) is 1.59. The minimum Gasteiger partial charge on any atom is -0.497 e. The Morgan fingerprint density at radius 2 is 2.13 bits per heavy atom. The van der Waals surface area contributed by atoms with Gasteiger partial charge in [0.1, 0.15) is 11.3 Å². The Hall–Kier alpha value is -2.79. The highest BCUT2D eigenvalue weighted by Crippen LogP contribution is 2.22. The van der Waals surface area contributed by atoms with Gasteiger partial charge in [-0.25, -0.2) is 5.43 Å². The van der Waals surface area contributed by atoms with Gasteiger partial charge in [-0.3, -0.25) is 4.79 Å². The third-order valence-electron chi connectivity index (χ3n) is 3.18. The van der Waals surface area contributed by atoms with E-state index in [1.165, 1.54) is 6.21 Å². The number of nitrogens with zero attached hydrogens (tertiary/aromatic N) is 1. The molecule has 0 atom stereocenters. The van der Waals surface area contributed by atoms with Crippen molar-refractivity contribution in [2.75, 3.05) is 7.11 Å². The van der Waals surface area contributed by atoms with Crippen LogP contribution in [0.5, 0.6) is 5.75 Å². The molecule has 0 aliphatic carbocycles. The van der Waals surface area contributed by atoms with Gasteiger partial charge in [-0.05, 0) is 42.0 Å². The van der Waals surface area contributed by atoms with Gasteiger partial charge in [-0.1, -0.05) is 23.7 Å². The van der Waals surface area contributed by atoms with E-state index in [-0.39, 0.29) is 5.76 Å². The second kappa shape index (κ2) is 6.54. The van der Waals surface area contributed by atoms with Gasteiger partial charge in [0.05, 0.1) is 13.3 Å². The van der Waals surface area contributed by atoms with Crippen molar-refractivity contribution in [2.24, 2.45) is 5.10 Å². The lowest BCUT2D eigenvalue weighted by molar-refractivity contribution is 0.0929. The first-order valence-electron chi connectivity index (χ1n) is 6.82. The first-order valence-corrected chi connectivity index (χ1v) is 7.20. The number of nitrogens with one attached hydrogen (secondary N) is 1. The molecule has 0 spiro atoms. The van der Waals surface area contributed by atoms with Crippen LogP contribution in [0.25, 0.3) is 11.0 Å². The van der Waals surface area contributed by atoms with Gasteiger partial charge in [0.2, 0.25) is 0 Å². The Balaban J connectivity index is 1.71. The Bertz CT molecular complexity index is 886. The number of furan rings is 1. The van der Waals surface area contributed by atoms with Gasteiger partial charge < -0.3 is 9.15 Å². The van der Waals surface area contributed by atoms with Crippen LogP contribution in [0, 0.1) is 0 Å². The molecule has 1 amide bonds. The fourth-order valence-corrected chi connectivity index (χ4v) is 2.25. The molecule has 23 heavy (non-hydrogen) atoms. The van der Waals surface area contributed by atoms with Gasteiger partial charge in [-0.2, -0.15) is 5.10 Å². The van der Waals surface area contributed by atoms with E-state index in [2.05, 4.69) is 10.5 Å². The zero-order chi connectivity index (χ0) is 16.2. The van der Waals surface area contributed by atoms with Crippen LogP contribution in [0.15, 0.2) is 58.0 Å². The number of ether oxygens (including phenoxy) is 1. The van der Waals surface area contributed by atoms with Crippen LogP contribution in [0.1, 0.15) is 16.1 Å². The zero-order valence-corrected chi connectivity index (χ0v) is 13.0. The summed E-state index contributed by atoms with van der Waals surface area (Å²) in [4.78, 5) is 12.0. The molecule has 0 radical (unpaired) electrons. The quantitative estimate of drug-likeness (QED) is 0.584. The van der Waals surface area contributed by atoms with E-state index >= 15 is 0 Å². The van der Waals surface area contributed by atoms with E-state index in [9.17, 15) is 4.79 Å². The van der Waals surface area contributed by atoms with Gasteiger partial charge in [0.15, 0.2) is 5.76 Å². The minimum atomic E-state index is -0.434. The third kappa shape index (κ3) is 3.52. The lowest BCUT2D eigenvalue weighted by Gasteiger charge is -1.99. The number of methoxy groups -OCH3 is 1. The average molecular weight is 329 g/mol. The molecule has 0 unspecified atom stereocenters. The van der Waals surface area contributed by atoms with E-state index in [0.29, 0.717) is 10.6 Å². The summed E-state index contributed by atoms with van der Waals surface area (Å²) in [6, 6.07) is 14.1. The number of amides is 1. The summed E-state index contributed by atoms with van der Waals surface area (Å²) in [5.41, 5.74) is 3.82. The summed E-state index contributed by atoms with van der Waals surface area (Å²) in [6.07, 6.45) is 1.53. The molecule has 2 aromatic carbocycles. The highest BCUT2D eigenvalue weighted by molar-refractivity contribution is 6.31. The fourth-order valence-electron chi connectivity index (χ4n) is 2.07. The first-order chi connectivity index (χ1) is 11.2. The maximum atomic E-state index is 12.0. The molecule has 0 bridgehead atoms. The highest BCUT2D eigenvalue weighted by atomic mass is 35.5. The van der Waals surface area contributed by atoms with Gasteiger partial charge in [-0.15, -0.1) is 0 Å². The van der Waals surface area contributed by atoms with Crippen molar-refractivity contribution < 1.29 is 13.9 Å². The number of carbonyl (C=O) groups excluding carboxylic acids is 1. The molecule has 0 aliphatic heterocycles. The smallest absolute Gasteiger partial charge is 0.307 e. The number of rotatable bonds is 4. The molecule has 116 valence electrons. The first kappa shape index (κ1) is 15.1. The Morgan fingerprint density at radius 3 is 2.96 bits per heavy atom. The predicted octanol–water partition coefficient (Wildman–Crippen LogP) is 3.86. The van der Waals surface area contributed by atoms with Crippen molar-refractivity contribution in [2.45, 2.75) is 0 Å². The molecular weight excluding hydrogens is 316 g/mol. The second-order valence-corrected chi connectivity index (χ2v) is 5.20. The summed E-state index contributed by atoms with van der Waals surface area (Å²) in [6.45, 7) is 0. The van der Waals surface area contributed by atoms with Gasteiger partial charge in [0, 0.05) is 10.4 Å². The molecule has 1 aromatic heterocycles. The van der Waals surface area contributed by atoms with Crippen LogP contribution >= 0.6 is 11.6 Å². The maximum absolute atomic E-state index is 12.0. The molecule has 0 aliphatic rings. The van der Waals surface area contributed by atoms with Crippen molar-refractivity contribution in [3.05, 3.63) is 64.9 Å². The standard InChI is InChI=1S/C17H13ClN2O3/c1-22-14-4-2-3-11(7-14)10-19-20-17(21)16-9-12-8-13(18)5-6-15(12)23-16/h2-10H,1H3,(H,20,21)/b19-10+. The van der Waals surface area contributed by atoms with E-state index in [1.807, 2.05) is 18.2 Å². The predicted molar refractivity (Wildman–Crippen MR) is 89.3 cm³/mol. The molecule has 1 N–H and O–H groups in total. The minimum absolute atomic E-state index is 0.171. The lowest BCUT2D eigenvalue weighted by atomic mass is 10.2. The third-order valence-corrected chi connectivity index (χ3v) is 3.41. The summed E-state index contributed by atoms with van der Waals surface area (Å²) < 4.78 is 10.6. The monoisotopic (exact) mass is 328 g/mol. The number of hydrogen-bond acceptors (Lipinski definition) is 4. The molecule has 0 fully saturated rings. The van der Waals surface area contributed by atoms with Gasteiger partial charge >= 0.3 is 5.91 Å². The summed E-state index contributed by atoms with van der Waals surface area (Å²) >= 11 is 5.91. The number of hydrazone groups is 1. The van der Waals surface area contributed by atoms with E-state index in [0.717, 1.165) is 16.7 Å². The number of carbonyl (C=O) groups is 1. The van der Waals surface area contributed by atoms with Crippen molar-refractivity contribution in [1.29, 1.82) is 0 Å². The van der Waals surface area contributed by atoms with E-state index < -0.39 is 5.91 Å². The Morgan fingerprint density at radius 1 is 1.26 bits per heavy atom. The topological polar surface area (TPSA) is 63.8 Å². The normalized spacial score (nSPS) is 11.0. The SMILES string of the molecule is COc1cccc(/C=N/NC(=O)c2cc3cc(Cl)ccc3o2)c1. The molecule has 0 saturated carbocycles. The molecule has 1 heterocycles. The van der Waals surface area contributed by atoms with Crippen molar-refractivity contribution in [1.82, 2.24) is 5.43 Å². The van der Waals surface area contributed by atoms with Crippen molar-refractivity contribution >= 4 is 34.7 Å². The van der Waals surface area contributed by atoms with Crippen molar-refractivity contribution in [3.8, 4) is 5.75 Å². The van der Waals surface area contributed by atoms with E-state index in [1.54, 1.807) is 37.4 Å². The number of halogens is 1. The highest BCUT2D eigenvalue weighted by Gasteiger charge is 2.11.